The summed E-state index contributed by atoms with van der Waals surface area (Å²) in [5, 5.41) is 7.38. The molecular weight excluding hydrogens is 366 g/mol. The Hall–Kier alpha value is -3.48. The van der Waals surface area contributed by atoms with Gasteiger partial charge in [-0.1, -0.05) is 23.8 Å². The molecule has 1 saturated heterocycles. The molecule has 4 rings (SSSR count). The molecule has 3 heterocycles. The summed E-state index contributed by atoms with van der Waals surface area (Å²) < 4.78 is 1.75. The Balaban J connectivity index is 1.38. The van der Waals surface area contributed by atoms with E-state index in [9.17, 15) is 9.59 Å². The maximum atomic E-state index is 12.6. The first-order valence-corrected chi connectivity index (χ1v) is 9.60. The van der Waals surface area contributed by atoms with Crippen LogP contribution in [-0.2, 0) is 23.2 Å². The number of hydrogen-bond acceptors (Lipinski definition) is 4. The van der Waals surface area contributed by atoms with Gasteiger partial charge in [0.05, 0.1) is 29.5 Å². The fraction of sp³-hybridized carbons (Fsp3) is 0.273. The normalized spacial score (nSPS) is 16.3. The number of carbonyl (C=O) groups is 2. The predicted molar refractivity (Wildman–Crippen MR) is 110 cm³/mol. The maximum Gasteiger partial charge on any atom is 0.227 e. The first-order valence-electron chi connectivity index (χ1n) is 9.60. The van der Waals surface area contributed by atoms with E-state index in [1.54, 1.807) is 15.8 Å². The molecule has 1 aliphatic rings. The molecule has 29 heavy (non-hydrogen) atoms. The zero-order valence-electron chi connectivity index (χ0n) is 16.5. The van der Waals surface area contributed by atoms with E-state index in [0.717, 1.165) is 28.3 Å². The topological polar surface area (TPSA) is 80.1 Å². The Bertz CT molecular complexity index is 1030. The fourth-order valence-corrected chi connectivity index (χ4v) is 3.55. The van der Waals surface area contributed by atoms with Crippen LogP contribution in [0.5, 0.6) is 0 Å². The molecule has 0 bridgehead atoms. The van der Waals surface area contributed by atoms with E-state index in [-0.39, 0.29) is 24.2 Å². The maximum absolute atomic E-state index is 12.6. The number of rotatable bonds is 5. The summed E-state index contributed by atoms with van der Waals surface area (Å²) in [4.78, 5) is 31.0. The third-order valence-corrected chi connectivity index (χ3v) is 5.14. The summed E-state index contributed by atoms with van der Waals surface area (Å²) in [7, 11) is 1.85. The minimum Gasteiger partial charge on any atom is -0.350 e. The second-order valence-electron chi connectivity index (χ2n) is 7.32. The second kappa shape index (κ2) is 7.87. The van der Waals surface area contributed by atoms with Gasteiger partial charge in [-0.25, -0.2) is 0 Å². The van der Waals surface area contributed by atoms with Crippen molar-refractivity contribution in [3.63, 3.8) is 0 Å². The molecule has 0 aliphatic carbocycles. The van der Waals surface area contributed by atoms with E-state index in [1.165, 1.54) is 0 Å². The number of anilines is 1. The molecule has 2 aromatic heterocycles. The fourth-order valence-electron chi connectivity index (χ4n) is 3.55. The van der Waals surface area contributed by atoms with Gasteiger partial charge in [-0.2, -0.15) is 5.10 Å². The van der Waals surface area contributed by atoms with Crippen molar-refractivity contribution in [2.75, 3.05) is 11.4 Å². The summed E-state index contributed by atoms with van der Waals surface area (Å²) in [5.74, 6) is -0.509. The molecule has 1 N–H and O–H groups in total. The highest BCUT2D eigenvalue weighted by atomic mass is 16.2. The number of aromatic nitrogens is 3. The lowest BCUT2D eigenvalue weighted by Crippen LogP contribution is -2.32. The minimum atomic E-state index is -0.359. The first kappa shape index (κ1) is 18.9. The van der Waals surface area contributed by atoms with E-state index in [0.29, 0.717) is 13.1 Å². The van der Waals surface area contributed by atoms with Gasteiger partial charge in [-0.3, -0.25) is 19.3 Å². The van der Waals surface area contributed by atoms with Crippen LogP contribution in [0.1, 0.15) is 17.7 Å². The minimum absolute atomic E-state index is 0.0238. The predicted octanol–water partition coefficient (Wildman–Crippen LogP) is 2.46. The van der Waals surface area contributed by atoms with E-state index < -0.39 is 0 Å². The van der Waals surface area contributed by atoms with Crippen LogP contribution in [0, 0.1) is 12.8 Å². The molecule has 7 heteroatoms. The summed E-state index contributed by atoms with van der Waals surface area (Å²) in [5.41, 5.74) is 4.43. The van der Waals surface area contributed by atoms with Gasteiger partial charge in [0, 0.05) is 31.9 Å². The zero-order valence-corrected chi connectivity index (χ0v) is 16.5. The lowest BCUT2D eigenvalue weighted by atomic mass is 10.1. The van der Waals surface area contributed by atoms with Crippen LogP contribution in [0.3, 0.4) is 0 Å². The van der Waals surface area contributed by atoms with Gasteiger partial charge in [0.1, 0.15) is 0 Å². The van der Waals surface area contributed by atoms with Crippen molar-refractivity contribution in [1.29, 1.82) is 0 Å². The smallest absolute Gasteiger partial charge is 0.227 e. The number of pyridine rings is 1. The van der Waals surface area contributed by atoms with Crippen LogP contribution < -0.4 is 10.2 Å². The molecule has 0 radical (unpaired) electrons. The van der Waals surface area contributed by atoms with Crippen molar-refractivity contribution < 1.29 is 9.59 Å². The van der Waals surface area contributed by atoms with E-state index in [1.807, 2.05) is 62.5 Å². The SMILES string of the molecule is Cc1ccc(N2CC(C(=O)NCc3cc(-c4ccccn4)n(C)n3)CC2=O)cc1. The van der Waals surface area contributed by atoms with Crippen LogP contribution in [0.2, 0.25) is 0 Å². The lowest BCUT2D eigenvalue weighted by Gasteiger charge is -2.16. The molecule has 1 unspecified atom stereocenters. The number of nitrogens with zero attached hydrogens (tertiary/aromatic N) is 4. The van der Waals surface area contributed by atoms with Gasteiger partial charge in [0.25, 0.3) is 0 Å². The molecule has 3 aromatic rings. The molecule has 2 amide bonds. The van der Waals surface area contributed by atoms with E-state index in [2.05, 4.69) is 15.4 Å². The highest BCUT2D eigenvalue weighted by Crippen LogP contribution is 2.25. The summed E-state index contributed by atoms with van der Waals surface area (Å²) in [6, 6.07) is 15.4. The molecule has 1 aromatic carbocycles. The van der Waals surface area contributed by atoms with E-state index in [4.69, 9.17) is 0 Å². The Morgan fingerprint density at radius 3 is 2.72 bits per heavy atom. The summed E-state index contributed by atoms with van der Waals surface area (Å²) >= 11 is 0. The summed E-state index contributed by atoms with van der Waals surface area (Å²) in [6.07, 6.45) is 1.96. The number of benzene rings is 1. The Morgan fingerprint density at radius 2 is 2.00 bits per heavy atom. The molecule has 1 aliphatic heterocycles. The van der Waals surface area contributed by atoms with Crippen molar-refractivity contribution >= 4 is 17.5 Å². The third kappa shape index (κ3) is 4.03. The molecule has 148 valence electrons. The van der Waals surface area contributed by atoms with Crippen LogP contribution in [0.4, 0.5) is 5.69 Å². The highest BCUT2D eigenvalue weighted by Gasteiger charge is 2.35. The van der Waals surface area contributed by atoms with Gasteiger partial charge in [-0.05, 0) is 37.3 Å². The zero-order chi connectivity index (χ0) is 20.4. The van der Waals surface area contributed by atoms with E-state index >= 15 is 0 Å². The van der Waals surface area contributed by atoms with Crippen LogP contribution in [-0.4, -0.2) is 33.1 Å². The average molecular weight is 389 g/mol. The first-order chi connectivity index (χ1) is 14.0. The van der Waals surface area contributed by atoms with Gasteiger partial charge in [0.15, 0.2) is 0 Å². The lowest BCUT2D eigenvalue weighted by molar-refractivity contribution is -0.126. The molecule has 1 atom stereocenters. The summed E-state index contributed by atoms with van der Waals surface area (Å²) in [6.45, 7) is 2.71. The van der Waals surface area contributed by atoms with Crippen LogP contribution >= 0.6 is 0 Å². The Kier molecular flexibility index (Phi) is 5.12. The number of hydrogen-bond donors (Lipinski definition) is 1. The molecule has 1 fully saturated rings. The number of amides is 2. The quantitative estimate of drug-likeness (QED) is 0.727. The van der Waals surface area contributed by atoms with Gasteiger partial charge in [-0.15, -0.1) is 0 Å². The Labute approximate surface area is 169 Å². The third-order valence-electron chi connectivity index (χ3n) is 5.14. The number of nitrogens with one attached hydrogen (secondary N) is 1. The van der Waals surface area contributed by atoms with Gasteiger partial charge in [0.2, 0.25) is 11.8 Å². The number of carbonyl (C=O) groups excluding carboxylic acids is 2. The molecule has 0 spiro atoms. The van der Waals surface area contributed by atoms with Gasteiger partial charge < -0.3 is 10.2 Å². The van der Waals surface area contributed by atoms with Crippen LogP contribution in [0.15, 0.2) is 54.7 Å². The van der Waals surface area contributed by atoms with Crippen molar-refractivity contribution in [3.8, 4) is 11.4 Å². The van der Waals surface area contributed by atoms with Crippen molar-refractivity contribution in [2.45, 2.75) is 19.9 Å². The largest absolute Gasteiger partial charge is 0.350 e. The number of aryl methyl sites for hydroxylation is 2. The van der Waals surface area contributed by atoms with Gasteiger partial charge >= 0.3 is 0 Å². The van der Waals surface area contributed by atoms with Crippen molar-refractivity contribution in [2.24, 2.45) is 13.0 Å². The monoisotopic (exact) mass is 389 g/mol. The molecule has 7 nitrogen and oxygen atoms in total. The Morgan fingerprint density at radius 1 is 1.21 bits per heavy atom. The molecular formula is C22H23N5O2. The van der Waals surface area contributed by atoms with Crippen molar-refractivity contribution in [1.82, 2.24) is 20.1 Å². The van der Waals surface area contributed by atoms with Crippen molar-refractivity contribution in [3.05, 3.63) is 66.0 Å². The van der Waals surface area contributed by atoms with Crippen LogP contribution in [0.25, 0.3) is 11.4 Å². The molecule has 0 saturated carbocycles. The average Bonchev–Trinajstić information content (AvgIpc) is 3.30. The standard InChI is InChI=1S/C22H23N5O2/c1-15-6-8-18(9-7-15)27-14-16(11-21(27)28)22(29)24-13-17-12-20(26(2)25-17)19-5-3-4-10-23-19/h3-10,12,16H,11,13-14H2,1-2H3,(H,24,29). The highest BCUT2D eigenvalue weighted by molar-refractivity contribution is 6.00. The second-order valence-corrected chi connectivity index (χ2v) is 7.32.